The highest BCUT2D eigenvalue weighted by Crippen LogP contribution is 2.27. The van der Waals surface area contributed by atoms with Gasteiger partial charge in [0, 0.05) is 0 Å². The van der Waals surface area contributed by atoms with Crippen LogP contribution in [0.15, 0.2) is 24.3 Å². The number of rotatable bonds is 4. The topological polar surface area (TPSA) is 55.6 Å². The van der Waals surface area contributed by atoms with Crippen molar-refractivity contribution in [2.45, 2.75) is 25.8 Å². The Labute approximate surface area is 101 Å². The number of aryl methyl sites for hydroxylation is 1. The lowest BCUT2D eigenvalue weighted by atomic mass is 10.1. The van der Waals surface area contributed by atoms with Crippen LogP contribution in [0.5, 0.6) is 0 Å². The van der Waals surface area contributed by atoms with Gasteiger partial charge in [0.15, 0.2) is 0 Å². The third-order valence-electron chi connectivity index (χ3n) is 3.08. The van der Waals surface area contributed by atoms with Crippen molar-refractivity contribution >= 4 is 11.8 Å². The van der Waals surface area contributed by atoms with Gasteiger partial charge in [0.1, 0.15) is 6.61 Å². The van der Waals surface area contributed by atoms with E-state index < -0.39 is 0 Å². The minimum Gasteiger partial charge on any atom is -0.447 e. The second kappa shape index (κ2) is 5.19. The fourth-order valence-corrected chi connectivity index (χ4v) is 2.16. The molecule has 0 radical (unpaired) electrons. The zero-order valence-corrected chi connectivity index (χ0v) is 10.1. The summed E-state index contributed by atoms with van der Waals surface area (Å²) in [5, 5.41) is 0. The Morgan fingerprint density at radius 1 is 1.47 bits per heavy atom. The van der Waals surface area contributed by atoms with Crippen LogP contribution in [0.4, 0.5) is 10.5 Å². The van der Waals surface area contributed by atoms with Crippen molar-refractivity contribution in [1.29, 1.82) is 0 Å². The van der Waals surface area contributed by atoms with Crippen molar-refractivity contribution < 1.29 is 9.53 Å². The molecule has 1 amide bonds. The lowest BCUT2D eigenvalue weighted by Gasteiger charge is -2.22. The molecule has 1 aromatic rings. The predicted octanol–water partition coefficient (Wildman–Crippen LogP) is 2.06. The van der Waals surface area contributed by atoms with E-state index in [9.17, 15) is 4.79 Å². The second-order valence-electron chi connectivity index (χ2n) is 4.32. The minimum absolute atomic E-state index is 0.118. The van der Waals surface area contributed by atoms with Gasteiger partial charge >= 0.3 is 6.09 Å². The van der Waals surface area contributed by atoms with E-state index in [-0.39, 0.29) is 12.1 Å². The average molecular weight is 234 g/mol. The number of amides is 1. The Bertz CT molecular complexity index is 406. The Morgan fingerprint density at radius 2 is 2.24 bits per heavy atom. The van der Waals surface area contributed by atoms with Gasteiger partial charge in [-0.1, -0.05) is 18.2 Å². The number of carbonyl (C=O) groups excluding carboxylic acids is 1. The van der Waals surface area contributed by atoms with Gasteiger partial charge in [-0.25, -0.2) is 4.79 Å². The maximum absolute atomic E-state index is 11.8. The normalized spacial score (nSPS) is 19.5. The molecule has 0 spiro atoms. The number of anilines is 1. The Kier molecular flexibility index (Phi) is 3.64. The van der Waals surface area contributed by atoms with Crippen molar-refractivity contribution in [1.82, 2.24) is 0 Å². The molecule has 1 aliphatic rings. The van der Waals surface area contributed by atoms with Gasteiger partial charge in [-0.3, -0.25) is 4.90 Å². The van der Waals surface area contributed by atoms with Gasteiger partial charge in [0.2, 0.25) is 0 Å². The summed E-state index contributed by atoms with van der Waals surface area (Å²) in [4.78, 5) is 13.5. The van der Waals surface area contributed by atoms with E-state index in [1.54, 1.807) is 4.90 Å². The number of carbonyl (C=O) groups is 1. The van der Waals surface area contributed by atoms with Crippen LogP contribution in [0.2, 0.25) is 0 Å². The monoisotopic (exact) mass is 234 g/mol. The predicted molar refractivity (Wildman–Crippen MR) is 67.1 cm³/mol. The quantitative estimate of drug-likeness (QED) is 0.867. The van der Waals surface area contributed by atoms with Crippen LogP contribution < -0.4 is 10.6 Å². The van der Waals surface area contributed by atoms with Crippen LogP contribution >= 0.6 is 0 Å². The number of hydrogen-bond acceptors (Lipinski definition) is 3. The first-order valence-electron chi connectivity index (χ1n) is 5.95. The van der Waals surface area contributed by atoms with Crippen molar-refractivity contribution in [2.75, 3.05) is 18.1 Å². The molecule has 1 fully saturated rings. The van der Waals surface area contributed by atoms with Gasteiger partial charge in [-0.2, -0.15) is 0 Å². The van der Waals surface area contributed by atoms with Crippen LogP contribution in [0.1, 0.15) is 18.4 Å². The molecule has 1 aliphatic heterocycles. The smallest absolute Gasteiger partial charge is 0.414 e. The van der Waals surface area contributed by atoms with Crippen molar-refractivity contribution in [3.05, 3.63) is 29.8 Å². The standard InChI is InChI=1S/C13H18N2O2/c1-10-5-2-3-7-12(10)15-11(6-4-8-14)9-17-13(15)16/h2-3,5,7,11H,4,6,8-9,14H2,1H3. The molecular formula is C13H18N2O2. The van der Waals surface area contributed by atoms with Gasteiger partial charge in [0.25, 0.3) is 0 Å². The third-order valence-corrected chi connectivity index (χ3v) is 3.08. The first kappa shape index (κ1) is 11.9. The van der Waals surface area contributed by atoms with Crippen LogP contribution in [0.25, 0.3) is 0 Å². The van der Waals surface area contributed by atoms with E-state index in [2.05, 4.69) is 0 Å². The maximum Gasteiger partial charge on any atom is 0.414 e. The lowest BCUT2D eigenvalue weighted by Crippen LogP contribution is -2.34. The largest absolute Gasteiger partial charge is 0.447 e. The van der Waals surface area contributed by atoms with Crippen LogP contribution in [0.3, 0.4) is 0 Å². The molecule has 4 nitrogen and oxygen atoms in total. The van der Waals surface area contributed by atoms with Crippen molar-refractivity contribution in [2.24, 2.45) is 5.73 Å². The minimum atomic E-state index is -0.249. The summed E-state index contributed by atoms with van der Waals surface area (Å²) in [6, 6.07) is 7.98. The first-order chi connectivity index (χ1) is 8.24. The summed E-state index contributed by atoms with van der Waals surface area (Å²) in [5.41, 5.74) is 7.54. The van der Waals surface area contributed by atoms with Gasteiger partial charge in [-0.05, 0) is 37.9 Å². The highest BCUT2D eigenvalue weighted by atomic mass is 16.6. The van der Waals surface area contributed by atoms with Crippen molar-refractivity contribution in [3.63, 3.8) is 0 Å². The fourth-order valence-electron chi connectivity index (χ4n) is 2.16. The highest BCUT2D eigenvalue weighted by molar-refractivity contribution is 5.91. The molecule has 1 atom stereocenters. The number of para-hydroxylation sites is 1. The Hall–Kier alpha value is -1.55. The summed E-state index contributed by atoms with van der Waals surface area (Å²) in [5.74, 6) is 0. The summed E-state index contributed by atoms with van der Waals surface area (Å²) in [6.07, 6.45) is 1.54. The average Bonchev–Trinajstić information content (AvgIpc) is 2.69. The number of ether oxygens (including phenoxy) is 1. The molecule has 2 rings (SSSR count). The van der Waals surface area contributed by atoms with Gasteiger partial charge in [-0.15, -0.1) is 0 Å². The number of nitrogens with zero attached hydrogens (tertiary/aromatic N) is 1. The summed E-state index contributed by atoms with van der Waals surface area (Å²) < 4.78 is 5.13. The fraction of sp³-hybridized carbons (Fsp3) is 0.462. The van der Waals surface area contributed by atoms with Crippen LogP contribution in [-0.2, 0) is 4.74 Å². The number of cyclic esters (lactones) is 1. The third kappa shape index (κ3) is 2.42. The summed E-state index contributed by atoms with van der Waals surface area (Å²) in [6.45, 7) is 3.11. The molecule has 1 saturated heterocycles. The van der Waals surface area contributed by atoms with Gasteiger partial charge < -0.3 is 10.5 Å². The van der Waals surface area contributed by atoms with E-state index in [1.807, 2.05) is 31.2 Å². The van der Waals surface area contributed by atoms with E-state index >= 15 is 0 Å². The summed E-state index contributed by atoms with van der Waals surface area (Å²) in [7, 11) is 0. The number of nitrogens with two attached hydrogens (primary N) is 1. The molecule has 1 aromatic carbocycles. The van der Waals surface area contributed by atoms with Gasteiger partial charge in [0.05, 0.1) is 11.7 Å². The molecule has 0 aliphatic carbocycles. The lowest BCUT2D eigenvalue weighted by molar-refractivity contribution is 0.178. The second-order valence-corrected chi connectivity index (χ2v) is 4.32. The van der Waals surface area contributed by atoms with Crippen LogP contribution in [-0.4, -0.2) is 25.3 Å². The number of hydrogen-bond donors (Lipinski definition) is 1. The SMILES string of the molecule is Cc1ccccc1N1C(=O)OCC1CCCN. The maximum atomic E-state index is 11.8. The zero-order valence-electron chi connectivity index (χ0n) is 10.1. The van der Waals surface area contributed by atoms with E-state index in [0.29, 0.717) is 13.2 Å². The molecule has 0 bridgehead atoms. The molecule has 92 valence electrons. The highest BCUT2D eigenvalue weighted by Gasteiger charge is 2.34. The Balaban J connectivity index is 2.22. The molecule has 0 aromatic heterocycles. The first-order valence-corrected chi connectivity index (χ1v) is 5.95. The summed E-state index contributed by atoms with van der Waals surface area (Å²) >= 11 is 0. The van der Waals surface area contributed by atoms with E-state index in [0.717, 1.165) is 24.1 Å². The molecule has 1 unspecified atom stereocenters. The zero-order chi connectivity index (χ0) is 12.3. The van der Waals surface area contributed by atoms with Crippen LogP contribution in [0, 0.1) is 6.92 Å². The molecule has 0 saturated carbocycles. The van der Waals surface area contributed by atoms with E-state index in [4.69, 9.17) is 10.5 Å². The Morgan fingerprint density at radius 3 is 2.94 bits per heavy atom. The van der Waals surface area contributed by atoms with E-state index in [1.165, 1.54) is 0 Å². The molecular weight excluding hydrogens is 216 g/mol. The molecule has 4 heteroatoms. The molecule has 1 heterocycles. The van der Waals surface area contributed by atoms with Crippen molar-refractivity contribution in [3.8, 4) is 0 Å². The number of benzene rings is 1. The molecule has 2 N–H and O–H groups in total. The molecule has 17 heavy (non-hydrogen) atoms.